The summed E-state index contributed by atoms with van der Waals surface area (Å²) in [5.74, 6) is -1.18. The highest BCUT2D eigenvalue weighted by Gasteiger charge is 2.18. The Balaban J connectivity index is 3.26. The fraction of sp³-hybridized carbons (Fsp3) is 0.333. The number of hydrogen-bond acceptors (Lipinski definition) is 2. The summed E-state index contributed by atoms with van der Waals surface area (Å²) < 4.78 is 25.1. The lowest BCUT2D eigenvalue weighted by atomic mass is 10.0. The second-order valence-electron chi connectivity index (χ2n) is 2.97. The van der Waals surface area contributed by atoms with Crippen LogP contribution in [0, 0.1) is 6.92 Å². The van der Waals surface area contributed by atoms with E-state index in [-0.39, 0.29) is 22.0 Å². The normalized spacial score (nSPS) is 10.7. The van der Waals surface area contributed by atoms with Crippen LogP contribution in [0.4, 0.5) is 8.78 Å². The third kappa shape index (κ3) is 2.86. The number of rotatable bonds is 3. The maximum Gasteiger partial charge on any atom is 0.307 e. The number of carboxylic acids is 1. The molecule has 1 rings (SSSR count). The lowest BCUT2D eigenvalue weighted by Crippen LogP contribution is -2.07. The molecule has 0 aliphatic heterocycles. The molecule has 1 aromatic rings. The Morgan fingerprint density at radius 3 is 2.73 bits per heavy atom. The topological polar surface area (TPSA) is 50.2 Å². The average molecular weight is 236 g/mol. The Morgan fingerprint density at radius 1 is 1.67 bits per heavy atom. The Bertz CT molecular complexity index is 396. The summed E-state index contributed by atoms with van der Waals surface area (Å²) in [4.78, 5) is 14.2. The van der Waals surface area contributed by atoms with Crippen LogP contribution >= 0.6 is 11.6 Å². The molecule has 0 bridgehead atoms. The van der Waals surface area contributed by atoms with Crippen LogP contribution < -0.4 is 0 Å². The molecule has 6 heteroatoms. The molecule has 0 radical (unpaired) electrons. The van der Waals surface area contributed by atoms with Gasteiger partial charge in [-0.15, -0.1) is 0 Å². The molecule has 0 aliphatic rings. The third-order valence-corrected chi connectivity index (χ3v) is 2.09. The van der Waals surface area contributed by atoms with Crippen molar-refractivity contribution in [2.24, 2.45) is 0 Å². The molecule has 0 fully saturated rings. The second-order valence-corrected chi connectivity index (χ2v) is 3.36. The Labute approximate surface area is 89.7 Å². The van der Waals surface area contributed by atoms with Crippen molar-refractivity contribution < 1.29 is 18.7 Å². The highest BCUT2D eigenvalue weighted by molar-refractivity contribution is 6.29. The van der Waals surface area contributed by atoms with Crippen LogP contribution in [0.15, 0.2) is 6.07 Å². The molecule has 0 atom stereocenters. The highest BCUT2D eigenvalue weighted by atomic mass is 35.5. The van der Waals surface area contributed by atoms with Crippen LogP contribution in [0.2, 0.25) is 5.15 Å². The Kier molecular flexibility index (Phi) is 3.57. The fourth-order valence-electron chi connectivity index (χ4n) is 1.26. The van der Waals surface area contributed by atoms with Crippen molar-refractivity contribution in [1.29, 1.82) is 0 Å². The average Bonchev–Trinajstić information content (AvgIpc) is 2.08. The lowest BCUT2D eigenvalue weighted by molar-refractivity contribution is -0.136. The molecular formula is C9H8ClF2NO2. The lowest BCUT2D eigenvalue weighted by Gasteiger charge is -2.09. The van der Waals surface area contributed by atoms with Crippen LogP contribution in [0.5, 0.6) is 0 Å². The highest BCUT2D eigenvalue weighted by Crippen LogP contribution is 2.27. The molecule has 0 aliphatic carbocycles. The summed E-state index contributed by atoms with van der Waals surface area (Å²) in [6.07, 6.45) is -3.23. The van der Waals surface area contributed by atoms with Gasteiger partial charge in [0.1, 0.15) is 5.15 Å². The summed E-state index contributed by atoms with van der Waals surface area (Å²) in [5.41, 5.74) is -0.114. The summed E-state index contributed by atoms with van der Waals surface area (Å²) in [7, 11) is 0. The predicted octanol–water partition coefficient (Wildman–Crippen LogP) is 2.61. The van der Waals surface area contributed by atoms with Gasteiger partial charge in [-0.3, -0.25) is 4.79 Å². The van der Waals surface area contributed by atoms with Crippen LogP contribution in [-0.4, -0.2) is 16.1 Å². The zero-order chi connectivity index (χ0) is 11.6. The van der Waals surface area contributed by atoms with E-state index in [0.717, 1.165) is 6.07 Å². The minimum absolute atomic E-state index is 0.0295. The zero-order valence-electron chi connectivity index (χ0n) is 7.80. The fourth-order valence-corrected chi connectivity index (χ4v) is 1.50. The van der Waals surface area contributed by atoms with Gasteiger partial charge in [0.25, 0.3) is 6.43 Å². The first kappa shape index (κ1) is 11.8. The van der Waals surface area contributed by atoms with Crippen molar-refractivity contribution in [3.8, 4) is 0 Å². The maximum atomic E-state index is 12.6. The molecule has 0 saturated heterocycles. The maximum absolute atomic E-state index is 12.6. The van der Waals surface area contributed by atoms with Gasteiger partial charge in [0.2, 0.25) is 0 Å². The second kappa shape index (κ2) is 4.53. The van der Waals surface area contributed by atoms with Crippen molar-refractivity contribution >= 4 is 17.6 Å². The van der Waals surface area contributed by atoms with Gasteiger partial charge in [-0.05, 0) is 18.6 Å². The number of nitrogens with zero attached hydrogens (tertiary/aromatic N) is 1. The van der Waals surface area contributed by atoms with E-state index in [9.17, 15) is 13.6 Å². The van der Waals surface area contributed by atoms with Crippen molar-refractivity contribution in [2.45, 2.75) is 19.8 Å². The summed E-state index contributed by atoms with van der Waals surface area (Å²) in [6, 6.07) is 0.998. The van der Waals surface area contributed by atoms with Gasteiger partial charge in [0.05, 0.1) is 6.42 Å². The number of alkyl halides is 2. The van der Waals surface area contributed by atoms with Gasteiger partial charge < -0.3 is 5.11 Å². The molecule has 0 saturated carbocycles. The quantitative estimate of drug-likeness (QED) is 0.820. The van der Waals surface area contributed by atoms with Gasteiger partial charge in [-0.2, -0.15) is 0 Å². The minimum atomic E-state index is -2.75. The van der Waals surface area contributed by atoms with Gasteiger partial charge in [-0.1, -0.05) is 11.6 Å². The van der Waals surface area contributed by atoms with E-state index >= 15 is 0 Å². The molecule has 82 valence electrons. The van der Waals surface area contributed by atoms with Gasteiger partial charge in [-0.25, -0.2) is 13.8 Å². The molecular weight excluding hydrogens is 228 g/mol. The number of aryl methyl sites for hydroxylation is 1. The summed E-state index contributed by atoms with van der Waals surface area (Å²) in [6.45, 7) is 1.45. The number of aromatic nitrogens is 1. The van der Waals surface area contributed by atoms with Crippen LogP contribution in [0.1, 0.15) is 23.2 Å². The van der Waals surface area contributed by atoms with Gasteiger partial charge >= 0.3 is 5.97 Å². The molecule has 1 aromatic heterocycles. The van der Waals surface area contributed by atoms with Gasteiger partial charge in [0.15, 0.2) is 0 Å². The van der Waals surface area contributed by atoms with E-state index in [1.165, 1.54) is 6.92 Å². The first-order valence-electron chi connectivity index (χ1n) is 4.07. The molecule has 0 amide bonds. The number of hydrogen-bond donors (Lipinski definition) is 1. The van der Waals surface area contributed by atoms with E-state index in [1.54, 1.807) is 0 Å². The Hall–Kier alpha value is -1.23. The van der Waals surface area contributed by atoms with Crippen molar-refractivity contribution in [3.63, 3.8) is 0 Å². The van der Waals surface area contributed by atoms with E-state index < -0.39 is 18.8 Å². The predicted molar refractivity (Wildman–Crippen MR) is 50.3 cm³/mol. The van der Waals surface area contributed by atoms with Crippen LogP contribution in [-0.2, 0) is 11.2 Å². The van der Waals surface area contributed by atoms with E-state index in [0.29, 0.717) is 0 Å². The van der Waals surface area contributed by atoms with E-state index in [4.69, 9.17) is 16.7 Å². The van der Waals surface area contributed by atoms with E-state index in [1.807, 2.05) is 0 Å². The standard InChI is InChI=1S/C9H8ClF2NO2/c1-4-5(3-8(14)15)6(9(11)12)2-7(10)13-4/h2,9H,3H2,1H3,(H,14,15). The third-order valence-electron chi connectivity index (χ3n) is 1.90. The first-order valence-corrected chi connectivity index (χ1v) is 4.45. The van der Waals surface area contributed by atoms with E-state index in [2.05, 4.69) is 4.98 Å². The number of halogens is 3. The van der Waals surface area contributed by atoms with Crippen LogP contribution in [0.25, 0.3) is 0 Å². The molecule has 3 nitrogen and oxygen atoms in total. The molecule has 0 spiro atoms. The smallest absolute Gasteiger partial charge is 0.307 e. The molecule has 0 unspecified atom stereocenters. The molecule has 0 aromatic carbocycles. The summed E-state index contributed by atoms with van der Waals surface area (Å²) >= 11 is 5.51. The zero-order valence-corrected chi connectivity index (χ0v) is 8.55. The molecule has 1 heterocycles. The minimum Gasteiger partial charge on any atom is -0.481 e. The van der Waals surface area contributed by atoms with Gasteiger partial charge in [0, 0.05) is 11.3 Å². The number of aliphatic carboxylic acids is 1. The SMILES string of the molecule is Cc1nc(Cl)cc(C(F)F)c1CC(=O)O. The largest absolute Gasteiger partial charge is 0.481 e. The van der Waals surface area contributed by atoms with Crippen LogP contribution in [0.3, 0.4) is 0 Å². The first-order chi connectivity index (χ1) is 6.91. The van der Waals surface area contributed by atoms with Crippen molar-refractivity contribution in [3.05, 3.63) is 28.0 Å². The molecule has 1 N–H and O–H groups in total. The van der Waals surface area contributed by atoms with Crippen molar-refractivity contribution in [2.75, 3.05) is 0 Å². The van der Waals surface area contributed by atoms with Crippen molar-refractivity contribution in [1.82, 2.24) is 4.98 Å². The number of carboxylic acid groups (broad SMARTS) is 1. The summed E-state index contributed by atoms with van der Waals surface area (Å²) in [5, 5.41) is 8.50. The monoisotopic (exact) mass is 235 g/mol. The Morgan fingerprint density at radius 2 is 2.27 bits per heavy atom. The molecule has 15 heavy (non-hydrogen) atoms. The number of pyridine rings is 1. The number of carbonyl (C=O) groups is 1.